The molecule has 0 saturated carbocycles. The highest BCUT2D eigenvalue weighted by atomic mass is 32.2. The Morgan fingerprint density at radius 2 is 1.76 bits per heavy atom. The van der Waals surface area contributed by atoms with E-state index in [9.17, 15) is 4.39 Å². The van der Waals surface area contributed by atoms with Crippen LogP contribution >= 0.6 is 11.8 Å². The predicted molar refractivity (Wildman–Crippen MR) is 98.7 cm³/mol. The van der Waals surface area contributed by atoms with E-state index >= 15 is 0 Å². The second-order valence-corrected chi connectivity index (χ2v) is 6.79. The van der Waals surface area contributed by atoms with E-state index in [-0.39, 0.29) is 5.82 Å². The van der Waals surface area contributed by atoms with Crippen molar-refractivity contribution in [3.63, 3.8) is 0 Å². The Morgan fingerprint density at radius 1 is 1.00 bits per heavy atom. The molecule has 0 bridgehead atoms. The summed E-state index contributed by atoms with van der Waals surface area (Å²) in [5.41, 5.74) is 4.14. The van der Waals surface area contributed by atoms with Crippen LogP contribution in [0.3, 0.4) is 0 Å². The van der Waals surface area contributed by atoms with E-state index in [1.165, 1.54) is 29.5 Å². The number of aromatic nitrogens is 2. The highest BCUT2D eigenvalue weighted by Crippen LogP contribution is 2.28. The van der Waals surface area contributed by atoms with Crippen molar-refractivity contribution in [2.75, 3.05) is 0 Å². The summed E-state index contributed by atoms with van der Waals surface area (Å²) in [5.74, 6) is 1.77. The van der Waals surface area contributed by atoms with Crippen LogP contribution in [-0.4, -0.2) is 9.97 Å². The summed E-state index contributed by atoms with van der Waals surface area (Å²) in [6, 6.07) is 14.2. The van der Waals surface area contributed by atoms with E-state index in [2.05, 4.69) is 23.0 Å². The molecule has 0 unspecified atom stereocenters. The molecule has 25 heavy (non-hydrogen) atoms. The van der Waals surface area contributed by atoms with Crippen LogP contribution in [0, 0.1) is 26.6 Å². The van der Waals surface area contributed by atoms with Crippen LogP contribution in [0.15, 0.2) is 53.7 Å². The molecule has 3 aromatic rings. The fourth-order valence-corrected chi connectivity index (χ4v) is 3.16. The number of hydrogen-bond donors (Lipinski definition) is 0. The SMILES string of the molecule is Cc1cc(Oc2cccc(C)c2C)nc(SCc2ccc(F)cc2)n1. The minimum Gasteiger partial charge on any atom is -0.439 e. The Balaban J connectivity index is 1.76. The molecular formula is C20H19FN2OS. The second kappa shape index (κ2) is 7.66. The molecule has 2 aromatic carbocycles. The van der Waals surface area contributed by atoms with E-state index in [0.29, 0.717) is 16.8 Å². The second-order valence-electron chi connectivity index (χ2n) is 5.85. The number of nitrogens with zero attached hydrogens (tertiary/aromatic N) is 2. The first-order valence-corrected chi connectivity index (χ1v) is 8.97. The van der Waals surface area contributed by atoms with Crippen molar-refractivity contribution in [3.8, 4) is 11.6 Å². The zero-order valence-corrected chi connectivity index (χ0v) is 15.2. The first-order chi connectivity index (χ1) is 12.0. The molecule has 0 saturated heterocycles. The van der Waals surface area contributed by atoms with Crippen LogP contribution in [0.1, 0.15) is 22.4 Å². The standard InChI is InChI=1S/C20H19FN2OS/c1-13-5-4-6-18(15(13)3)24-19-11-14(2)22-20(23-19)25-12-16-7-9-17(21)10-8-16/h4-11H,12H2,1-3H3. The summed E-state index contributed by atoms with van der Waals surface area (Å²) in [6.45, 7) is 6.00. The van der Waals surface area contributed by atoms with Crippen LogP contribution in [0.5, 0.6) is 11.6 Å². The van der Waals surface area contributed by atoms with E-state index in [0.717, 1.165) is 22.6 Å². The molecule has 0 fully saturated rings. The summed E-state index contributed by atoms with van der Waals surface area (Å²) in [5, 5.41) is 0.643. The molecule has 3 nitrogen and oxygen atoms in total. The van der Waals surface area contributed by atoms with Crippen LogP contribution in [0.25, 0.3) is 0 Å². The van der Waals surface area contributed by atoms with Gasteiger partial charge in [0.2, 0.25) is 5.88 Å². The molecule has 0 atom stereocenters. The lowest BCUT2D eigenvalue weighted by atomic mass is 10.1. The Morgan fingerprint density at radius 3 is 2.52 bits per heavy atom. The Hall–Kier alpha value is -2.40. The highest BCUT2D eigenvalue weighted by Gasteiger charge is 2.08. The van der Waals surface area contributed by atoms with Crippen molar-refractivity contribution in [2.45, 2.75) is 31.7 Å². The van der Waals surface area contributed by atoms with Crippen LogP contribution in [-0.2, 0) is 5.75 Å². The lowest BCUT2D eigenvalue weighted by Crippen LogP contribution is -1.97. The maximum absolute atomic E-state index is 13.0. The molecule has 3 rings (SSSR count). The zero-order chi connectivity index (χ0) is 17.8. The van der Waals surface area contributed by atoms with Gasteiger partial charge in [-0.3, -0.25) is 0 Å². The number of rotatable bonds is 5. The molecule has 0 aliphatic carbocycles. The number of benzene rings is 2. The van der Waals surface area contributed by atoms with Crippen molar-refractivity contribution in [1.82, 2.24) is 9.97 Å². The summed E-state index contributed by atoms with van der Waals surface area (Å²) in [6.07, 6.45) is 0. The molecule has 0 aliphatic heterocycles. The van der Waals surface area contributed by atoms with Gasteiger partial charge in [0.15, 0.2) is 5.16 Å². The van der Waals surface area contributed by atoms with Gasteiger partial charge in [-0.15, -0.1) is 0 Å². The van der Waals surface area contributed by atoms with Gasteiger partial charge in [-0.1, -0.05) is 36.0 Å². The van der Waals surface area contributed by atoms with Gasteiger partial charge >= 0.3 is 0 Å². The van der Waals surface area contributed by atoms with Gasteiger partial charge in [0, 0.05) is 17.5 Å². The maximum Gasteiger partial charge on any atom is 0.223 e. The minimum atomic E-state index is -0.232. The van der Waals surface area contributed by atoms with E-state index < -0.39 is 0 Å². The van der Waals surface area contributed by atoms with Crippen LogP contribution in [0.4, 0.5) is 4.39 Å². The molecule has 0 N–H and O–H groups in total. The highest BCUT2D eigenvalue weighted by molar-refractivity contribution is 7.98. The molecule has 1 aromatic heterocycles. The average Bonchev–Trinajstić information content (AvgIpc) is 2.58. The minimum absolute atomic E-state index is 0.232. The first-order valence-electron chi connectivity index (χ1n) is 7.98. The van der Waals surface area contributed by atoms with E-state index in [1.807, 2.05) is 32.0 Å². The normalized spacial score (nSPS) is 10.7. The Kier molecular flexibility index (Phi) is 5.34. The third kappa shape index (κ3) is 4.57. The third-order valence-electron chi connectivity index (χ3n) is 3.86. The molecule has 0 spiro atoms. The van der Waals surface area contributed by atoms with Crippen molar-refractivity contribution >= 4 is 11.8 Å². The predicted octanol–water partition coefficient (Wildman–Crippen LogP) is 5.63. The van der Waals surface area contributed by atoms with Gasteiger partial charge in [-0.2, -0.15) is 4.98 Å². The summed E-state index contributed by atoms with van der Waals surface area (Å²) in [4.78, 5) is 8.93. The molecule has 128 valence electrons. The van der Waals surface area contributed by atoms with Crippen molar-refractivity contribution in [3.05, 3.63) is 76.7 Å². The van der Waals surface area contributed by atoms with Crippen LogP contribution < -0.4 is 4.74 Å². The molecule has 0 aliphatic rings. The zero-order valence-electron chi connectivity index (χ0n) is 14.4. The fourth-order valence-electron chi connectivity index (χ4n) is 2.31. The fraction of sp³-hybridized carbons (Fsp3) is 0.200. The largest absolute Gasteiger partial charge is 0.439 e. The number of aryl methyl sites for hydroxylation is 2. The molecule has 1 heterocycles. The van der Waals surface area contributed by atoms with Gasteiger partial charge in [0.1, 0.15) is 11.6 Å². The molecule has 0 radical (unpaired) electrons. The average molecular weight is 354 g/mol. The van der Waals surface area contributed by atoms with Crippen molar-refractivity contribution in [2.24, 2.45) is 0 Å². The Bertz CT molecular complexity index is 881. The van der Waals surface area contributed by atoms with Gasteiger partial charge < -0.3 is 4.74 Å². The summed E-state index contributed by atoms with van der Waals surface area (Å²) >= 11 is 1.50. The van der Waals surface area contributed by atoms with Crippen molar-refractivity contribution in [1.29, 1.82) is 0 Å². The maximum atomic E-state index is 13.0. The number of thioether (sulfide) groups is 1. The van der Waals surface area contributed by atoms with E-state index in [4.69, 9.17) is 4.74 Å². The molecular weight excluding hydrogens is 335 g/mol. The van der Waals surface area contributed by atoms with E-state index in [1.54, 1.807) is 12.1 Å². The third-order valence-corrected chi connectivity index (χ3v) is 4.78. The Labute approximate surface area is 151 Å². The number of halogens is 1. The summed E-state index contributed by atoms with van der Waals surface area (Å²) in [7, 11) is 0. The monoisotopic (exact) mass is 354 g/mol. The van der Waals surface area contributed by atoms with Gasteiger partial charge in [-0.05, 0) is 55.7 Å². The topological polar surface area (TPSA) is 35.0 Å². The van der Waals surface area contributed by atoms with Crippen LogP contribution in [0.2, 0.25) is 0 Å². The van der Waals surface area contributed by atoms with Crippen molar-refractivity contribution < 1.29 is 9.13 Å². The lowest BCUT2D eigenvalue weighted by Gasteiger charge is -2.11. The quantitative estimate of drug-likeness (QED) is 0.440. The first kappa shape index (κ1) is 17.4. The van der Waals surface area contributed by atoms with Gasteiger partial charge in [-0.25, -0.2) is 9.37 Å². The number of hydrogen-bond acceptors (Lipinski definition) is 4. The lowest BCUT2D eigenvalue weighted by molar-refractivity contribution is 0.451. The van der Waals surface area contributed by atoms with Gasteiger partial charge in [0.25, 0.3) is 0 Å². The number of ether oxygens (including phenoxy) is 1. The summed E-state index contributed by atoms with van der Waals surface area (Å²) < 4.78 is 18.9. The van der Waals surface area contributed by atoms with Gasteiger partial charge in [0.05, 0.1) is 0 Å². The molecule has 5 heteroatoms. The molecule has 0 amide bonds. The smallest absolute Gasteiger partial charge is 0.223 e.